The van der Waals surface area contributed by atoms with Crippen LogP contribution in [0.2, 0.25) is 0 Å². The van der Waals surface area contributed by atoms with Crippen LogP contribution >= 0.6 is 0 Å². The number of fused-ring (bicyclic) bond motifs is 1. The molecule has 0 aromatic heterocycles. The number of rotatable bonds is 19. The Morgan fingerprint density at radius 2 is 1.43 bits per heavy atom. The van der Waals surface area contributed by atoms with E-state index in [0.29, 0.717) is 4.90 Å². The van der Waals surface area contributed by atoms with Crippen molar-refractivity contribution in [3.05, 3.63) is 12.2 Å². The smallest absolute Gasteiger partial charge is 0.331 e. The van der Waals surface area contributed by atoms with Crippen molar-refractivity contribution in [1.82, 2.24) is 47.0 Å². The lowest BCUT2D eigenvalue weighted by Gasteiger charge is -2.44. The van der Waals surface area contributed by atoms with Gasteiger partial charge in [-0.2, -0.15) is 0 Å². The summed E-state index contributed by atoms with van der Waals surface area (Å²) in [4.78, 5) is 148. The van der Waals surface area contributed by atoms with Crippen LogP contribution in [0.1, 0.15) is 33.6 Å². The molecular weight excluding hydrogens is 780 g/mol. The number of piperidine rings is 1. The normalized spacial score (nSPS) is 22.2. The Labute approximate surface area is 327 Å². The number of esters is 1. The van der Waals surface area contributed by atoms with E-state index in [9.17, 15) is 72.9 Å². The highest BCUT2D eigenvalue weighted by molar-refractivity contribution is 6.37. The fraction of sp³-hybridized carbons (Fsp3) is 0.562. The first-order chi connectivity index (χ1) is 27.0. The van der Waals surface area contributed by atoms with Gasteiger partial charge in [-0.25, -0.2) is 4.79 Å². The lowest BCUT2D eigenvalue weighted by atomic mass is 9.92. The van der Waals surface area contributed by atoms with Crippen LogP contribution in [0.25, 0.3) is 0 Å². The predicted octanol–water partition coefficient (Wildman–Crippen LogP) is -9.30. The van der Waals surface area contributed by atoms with E-state index in [1.165, 1.54) is 20.8 Å². The Morgan fingerprint density at radius 3 is 2.05 bits per heavy atom. The SMILES string of the molecule is CC(NC(=O)CCNC(=O)CN1C(=O)C=CC1=O)C(=O)NCC(=O)NC(CC(N)=O)C(=O)NCC(=O)NC(C)(C)C(=O)OCC1[C@@H](O)C(O)C(O)C2NC(=O)C(=O)N21. The van der Waals surface area contributed by atoms with E-state index in [2.05, 4.69) is 37.2 Å². The zero-order chi connectivity index (χ0) is 43.6. The minimum Gasteiger partial charge on any atom is -0.462 e. The average molecular weight is 825 g/mol. The second-order valence-corrected chi connectivity index (χ2v) is 13.7. The van der Waals surface area contributed by atoms with E-state index in [0.717, 1.165) is 17.1 Å². The first kappa shape index (κ1) is 45.8. The molecule has 3 aliphatic rings. The van der Waals surface area contributed by atoms with Gasteiger partial charge in [-0.05, 0) is 20.8 Å². The lowest BCUT2D eigenvalue weighted by molar-refractivity contribution is -0.183. The summed E-state index contributed by atoms with van der Waals surface area (Å²) in [7, 11) is 0. The van der Waals surface area contributed by atoms with Crippen LogP contribution in [0.3, 0.4) is 0 Å². The highest BCUT2D eigenvalue weighted by atomic mass is 16.5. The number of hydrogen-bond donors (Lipinski definition) is 11. The third-order valence-electron chi connectivity index (χ3n) is 8.68. The van der Waals surface area contributed by atoms with Crippen molar-refractivity contribution in [2.45, 2.75) is 81.8 Å². The standard InChI is InChI=1S/C32H44N10O16/c1-13(37-17(44)6-7-34-20(47)11-41-21(48)4-5-22(41)49)27(53)35-9-18(45)38-14(8-16(33)43)28(54)36-10-19(46)40-32(2,3)31(57)58-12-15-23(50)24(51)25(52)26-39-29(55)30(56)42(15)26/h4-5,13-15,23-26,50-52H,6-12H2,1-3H3,(H2,33,43)(H,34,47)(H,35,53)(H,36,54)(H,37,44)(H,38,45)(H,39,55)(H,40,46)/t13?,14?,15?,23-,24?,25?,26?/m1/s1. The molecule has 0 aliphatic carbocycles. The molecule has 0 radical (unpaired) electrons. The Morgan fingerprint density at radius 1 is 0.828 bits per heavy atom. The summed E-state index contributed by atoms with van der Waals surface area (Å²) in [5, 5.41) is 46.3. The molecule has 11 amide bonds. The monoisotopic (exact) mass is 824 g/mol. The van der Waals surface area contributed by atoms with E-state index in [1.807, 2.05) is 0 Å². The van der Waals surface area contributed by atoms with Crippen LogP contribution in [0.15, 0.2) is 12.2 Å². The van der Waals surface area contributed by atoms with Crippen LogP contribution in [-0.2, 0) is 62.3 Å². The largest absolute Gasteiger partial charge is 0.462 e. The van der Waals surface area contributed by atoms with Crippen molar-refractivity contribution in [3.63, 3.8) is 0 Å². The maximum Gasteiger partial charge on any atom is 0.331 e. The van der Waals surface area contributed by atoms with Crippen molar-refractivity contribution in [2.75, 3.05) is 32.8 Å². The van der Waals surface area contributed by atoms with Crippen LogP contribution < -0.4 is 43.0 Å². The van der Waals surface area contributed by atoms with Gasteiger partial charge in [0.2, 0.25) is 41.4 Å². The number of aliphatic hydroxyl groups excluding tert-OH is 3. The summed E-state index contributed by atoms with van der Waals surface area (Å²) in [6.07, 6.45) is -5.83. The Hall–Kier alpha value is -6.54. The number of carbonyl (C=O) groups is 12. The van der Waals surface area contributed by atoms with Gasteiger partial charge in [-0.3, -0.25) is 57.6 Å². The van der Waals surface area contributed by atoms with E-state index >= 15 is 0 Å². The molecular formula is C32H44N10O16. The highest BCUT2D eigenvalue weighted by Crippen LogP contribution is 2.27. The van der Waals surface area contributed by atoms with Gasteiger partial charge in [0, 0.05) is 25.1 Å². The second-order valence-electron chi connectivity index (χ2n) is 13.7. The molecule has 0 saturated carbocycles. The van der Waals surface area contributed by atoms with Crippen LogP contribution in [-0.4, -0.2) is 177 Å². The zero-order valence-corrected chi connectivity index (χ0v) is 31.3. The predicted molar refractivity (Wildman–Crippen MR) is 187 cm³/mol. The first-order valence-corrected chi connectivity index (χ1v) is 17.4. The first-order valence-electron chi connectivity index (χ1n) is 17.4. The van der Waals surface area contributed by atoms with Gasteiger partial charge >= 0.3 is 17.8 Å². The number of carbonyl (C=O) groups excluding carboxylic acids is 12. The maximum absolute atomic E-state index is 12.9. The summed E-state index contributed by atoms with van der Waals surface area (Å²) in [6, 6.07) is -4.28. The molecule has 2 saturated heterocycles. The van der Waals surface area contributed by atoms with Crippen molar-refractivity contribution in [1.29, 1.82) is 0 Å². The van der Waals surface area contributed by atoms with Gasteiger partial charge in [0.25, 0.3) is 11.8 Å². The molecule has 3 rings (SSSR count). The summed E-state index contributed by atoms with van der Waals surface area (Å²) in [6.45, 7) is 0.607. The molecule has 3 heterocycles. The minimum absolute atomic E-state index is 0.196. The summed E-state index contributed by atoms with van der Waals surface area (Å²) >= 11 is 0. The second kappa shape index (κ2) is 19.6. The van der Waals surface area contributed by atoms with E-state index in [1.54, 1.807) is 0 Å². The number of amides is 11. The van der Waals surface area contributed by atoms with Gasteiger partial charge in [-0.15, -0.1) is 0 Å². The topological polar surface area (TPSA) is 391 Å². The number of hydrogen-bond acceptors (Lipinski definition) is 16. The van der Waals surface area contributed by atoms with Crippen LogP contribution in [0, 0.1) is 0 Å². The van der Waals surface area contributed by atoms with Gasteiger partial charge in [0.05, 0.1) is 25.6 Å². The van der Waals surface area contributed by atoms with E-state index in [-0.39, 0.29) is 13.0 Å². The van der Waals surface area contributed by atoms with Crippen LogP contribution in [0.4, 0.5) is 0 Å². The van der Waals surface area contributed by atoms with Crippen LogP contribution in [0.5, 0.6) is 0 Å². The number of imide groups is 1. The summed E-state index contributed by atoms with van der Waals surface area (Å²) in [5.74, 6) is -11.0. The Balaban J connectivity index is 1.41. The Kier molecular flexibility index (Phi) is 15.5. The van der Waals surface area contributed by atoms with Gasteiger partial charge in [0.15, 0.2) is 0 Å². The van der Waals surface area contributed by atoms with Crippen molar-refractivity contribution in [3.8, 4) is 0 Å². The summed E-state index contributed by atoms with van der Waals surface area (Å²) in [5.41, 5.74) is 3.37. The molecule has 2 fully saturated rings. The third kappa shape index (κ3) is 12.0. The van der Waals surface area contributed by atoms with Crippen molar-refractivity contribution >= 4 is 70.9 Å². The number of ether oxygens (including phenoxy) is 1. The van der Waals surface area contributed by atoms with Gasteiger partial charge in [-0.1, -0.05) is 0 Å². The molecule has 318 valence electrons. The number of nitrogens with two attached hydrogens (primary N) is 1. The molecule has 0 aromatic carbocycles. The zero-order valence-electron chi connectivity index (χ0n) is 31.3. The molecule has 0 aromatic rings. The molecule has 12 N–H and O–H groups in total. The Bertz CT molecular complexity index is 1750. The number of nitrogens with one attached hydrogen (secondary N) is 7. The number of primary amides is 1. The molecule has 26 nitrogen and oxygen atoms in total. The molecule has 3 aliphatic heterocycles. The molecule has 58 heavy (non-hydrogen) atoms. The van der Waals surface area contributed by atoms with Gasteiger partial charge in [0.1, 0.15) is 55.3 Å². The number of nitrogens with zero attached hydrogens (tertiary/aromatic N) is 2. The molecule has 0 spiro atoms. The summed E-state index contributed by atoms with van der Waals surface area (Å²) < 4.78 is 5.15. The number of aliphatic hydroxyl groups is 3. The fourth-order valence-corrected chi connectivity index (χ4v) is 5.61. The van der Waals surface area contributed by atoms with Crippen molar-refractivity contribution < 1.29 is 77.6 Å². The highest BCUT2D eigenvalue weighted by Gasteiger charge is 2.55. The molecule has 6 unspecified atom stereocenters. The lowest BCUT2D eigenvalue weighted by Crippen LogP contribution is -2.68. The molecule has 26 heteroatoms. The minimum atomic E-state index is -1.83. The third-order valence-corrected chi connectivity index (χ3v) is 8.68. The van der Waals surface area contributed by atoms with Gasteiger partial charge < -0.3 is 67.9 Å². The fourth-order valence-electron chi connectivity index (χ4n) is 5.61. The molecule has 0 bridgehead atoms. The maximum atomic E-state index is 12.9. The van der Waals surface area contributed by atoms with E-state index < -0.39 is 152 Å². The molecule has 7 atom stereocenters. The van der Waals surface area contributed by atoms with Crippen molar-refractivity contribution in [2.24, 2.45) is 5.73 Å². The quantitative estimate of drug-likeness (QED) is 0.0327. The average Bonchev–Trinajstić information content (AvgIpc) is 3.62. The van der Waals surface area contributed by atoms with E-state index in [4.69, 9.17) is 10.5 Å².